The van der Waals surface area contributed by atoms with Crippen molar-refractivity contribution in [3.63, 3.8) is 0 Å². The van der Waals surface area contributed by atoms with Gasteiger partial charge in [0.2, 0.25) is 0 Å². The largest absolute Gasteiger partial charge is 0.494 e. The number of ether oxygens (including phenoxy) is 1. The van der Waals surface area contributed by atoms with Crippen LogP contribution in [0.25, 0.3) is 0 Å². The second kappa shape index (κ2) is 6.01. The van der Waals surface area contributed by atoms with Gasteiger partial charge in [0.25, 0.3) is 0 Å². The minimum atomic E-state index is -0.284. The molecular weight excluding hydrogens is 217 g/mol. The molecule has 0 amide bonds. The van der Waals surface area contributed by atoms with Gasteiger partial charge < -0.3 is 10.1 Å². The fraction of sp³-hybridized carbons (Fsp3) is 0.571. The summed E-state index contributed by atoms with van der Waals surface area (Å²) in [7, 11) is 3.43. The van der Waals surface area contributed by atoms with E-state index in [2.05, 4.69) is 19.2 Å². The molecule has 96 valence electrons. The summed E-state index contributed by atoms with van der Waals surface area (Å²) in [5.41, 5.74) is 1.18. The van der Waals surface area contributed by atoms with Gasteiger partial charge in [0.05, 0.1) is 7.11 Å². The highest BCUT2D eigenvalue weighted by Gasteiger charge is 2.22. The Morgan fingerprint density at radius 1 is 1.41 bits per heavy atom. The Labute approximate surface area is 103 Å². The molecule has 1 aromatic rings. The molecule has 1 unspecified atom stereocenters. The minimum absolute atomic E-state index is 0.162. The van der Waals surface area contributed by atoms with E-state index in [0.717, 1.165) is 24.9 Å². The zero-order valence-electron chi connectivity index (χ0n) is 11.1. The van der Waals surface area contributed by atoms with Gasteiger partial charge >= 0.3 is 0 Å². The molecule has 0 aliphatic rings. The molecule has 1 rings (SSSR count). The van der Waals surface area contributed by atoms with Crippen LogP contribution in [0, 0.1) is 11.2 Å². The Bertz CT molecular complexity index is 367. The number of nitrogens with one attached hydrogen (secondary N) is 1. The third kappa shape index (κ3) is 3.70. The number of hydrogen-bond donors (Lipinski definition) is 1. The summed E-state index contributed by atoms with van der Waals surface area (Å²) >= 11 is 0. The van der Waals surface area contributed by atoms with E-state index in [4.69, 9.17) is 4.74 Å². The Morgan fingerprint density at radius 3 is 2.59 bits per heavy atom. The van der Waals surface area contributed by atoms with E-state index in [1.165, 1.54) is 7.11 Å². The van der Waals surface area contributed by atoms with Crippen molar-refractivity contribution in [2.24, 2.45) is 5.41 Å². The molecule has 1 atom stereocenters. The summed E-state index contributed by atoms with van der Waals surface area (Å²) in [6.07, 6.45) is 1.92. The van der Waals surface area contributed by atoms with E-state index in [9.17, 15) is 4.39 Å². The van der Waals surface area contributed by atoms with Crippen molar-refractivity contribution in [2.45, 2.75) is 26.7 Å². The molecule has 0 fully saturated rings. The molecule has 0 radical (unpaired) electrons. The Hall–Kier alpha value is -1.09. The lowest BCUT2D eigenvalue weighted by atomic mass is 9.81. The Morgan fingerprint density at radius 2 is 2.12 bits per heavy atom. The first-order valence-electron chi connectivity index (χ1n) is 6.01. The van der Waals surface area contributed by atoms with Gasteiger partial charge in [-0.05, 0) is 43.0 Å². The minimum Gasteiger partial charge on any atom is -0.494 e. The summed E-state index contributed by atoms with van der Waals surface area (Å²) in [5, 5.41) is 3.20. The molecular formula is C14H22FNO. The predicted octanol–water partition coefficient (Wildman–Crippen LogP) is 3.01. The maximum absolute atomic E-state index is 13.6. The van der Waals surface area contributed by atoms with Crippen molar-refractivity contribution in [2.75, 3.05) is 20.7 Å². The van der Waals surface area contributed by atoms with Gasteiger partial charge in [-0.25, -0.2) is 4.39 Å². The van der Waals surface area contributed by atoms with Crippen LogP contribution in [-0.4, -0.2) is 20.7 Å². The van der Waals surface area contributed by atoms with Crippen molar-refractivity contribution < 1.29 is 9.13 Å². The third-order valence-electron chi connectivity index (χ3n) is 3.30. The summed E-state index contributed by atoms with van der Waals surface area (Å²) in [5.74, 6) is 0.0217. The molecule has 1 N–H and O–H groups in total. The highest BCUT2D eigenvalue weighted by Crippen LogP contribution is 2.27. The zero-order valence-corrected chi connectivity index (χ0v) is 11.1. The fourth-order valence-electron chi connectivity index (χ4n) is 2.05. The van der Waals surface area contributed by atoms with Gasteiger partial charge in [0.15, 0.2) is 11.6 Å². The molecule has 0 heterocycles. The smallest absolute Gasteiger partial charge is 0.165 e. The first-order valence-corrected chi connectivity index (χ1v) is 6.01. The van der Waals surface area contributed by atoms with E-state index in [0.29, 0.717) is 5.75 Å². The van der Waals surface area contributed by atoms with Crippen molar-refractivity contribution in [1.29, 1.82) is 0 Å². The van der Waals surface area contributed by atoms with Gasteiger partial charge in [-0.1, -0.05) is 19.9 Å². The van der Waals surface area contributed by atoms with Crippen LogP contribution in [-0.2, 0) is 6.42 Å². The van der Waals surface area contributed by atoms with E-state index in [-0.39, 0.29) is 11.2 Å². The number of halogens is 1. The van der Waals surface area contributed by atoms with Crippen LogP contribution in [0.5, 0.6) is 5.75 Å². The molecule has 0 bridgehead atoms. The Kier molecular flexibility index (Phi) is 4.94. The van der Waals surface area contributed by atoms with Crippen molar-refractivity contribution in [3.8, 4) is 5.75 Å². The van der Waals surface area contributed by atoms with Crippen LogP contribution in [0.2, 0.25) is 0 Å². The molecule has 1 aromatic carbocycles. The maximum atomic E-state index is 13.6. The SMILES string of the molecule is CCC(C)(CNC)Cc1ccc(OC)c(F)c1. The van der Waals surface area contributed by atoms with Gasteiger partial charge in [0.1, 0.15) is 0 Å². The van der Waals surface area contributed by atoms with Crippen LogP contribution in [0.1, 0.15) is 25.8 Å². The second-order valence-corrected chi connectivity index (χ2v) is 4.84. The predicted molar refractivity (Wildman–Crippen MR) is 69.0 cm³/mol. The average Bonchev–Trinajstić information content (AvgIpc) is 2.29. The molecule has 3 heteroatoms. The van der Waals surface area contributed by atoms with E-state index in [1.54, 1.807) is 12.1 Å². The number of methoxy groups -OCH3 is 1. The summed E-state index contributed by atoms with van der Waals surface area (Å²) in [6.45, 7) is 5.31. The molecule has 0 aliphatic heterocycles. The quantitative estimate of drug-likeness (QED) is 0.824. The standard InChI is InChI=1S/C14H22FNO/c1-5-14(2,10-16-3)9-11-6-7-13(17-4)12(15)8-11/h6-8,16H,5,9-10H2,1-4H3. The topological polar surface area (TPSA) is 21.3 Å². The first kappa shape index (κ1) is 14.0. The molecule has 2 nitrogen and oxygen atoms in total. The highest BCUT2D eigenvalue weighted by molar-refractivity contribution is 5.29. The zero-order chi connectivity index (χ0) is 12.9. The van der Waals surface area contributed by atoms with E-state index in [1.807, 2.05) is 13.1 Å². The van der Waals surface area contributed by atoms with Crippen molar-refractivity contribution in [1.82, 2.24) is 5.32 Å². The summed E-state index contributed by atoms with van der Waals surface area (Å²) < 4.78 is 18.5. The van der Waals surface area contributed by atoms with E-state index >= 15 is 0 Å². The molecule has 0 aliphatic carbocycles. The monoisotopic (exact) mass is 239 g/mol. The van der Waals surface area contributed by atoms with Gasteiger partial charge in [0, 0.05) is 6.54 Å². The molecule has 0 saturated heterocycles. The van der Waals surface area contributed by atoms with Gasteiger partial charge in [-0.3, -0.25) is 0 Å². The first-order chi connectivity index (χ1) is 8.04. The van der Waals surface area contributed by atoms with Gasteiger partial charge in [-0.2, -0.15) is 0 Å². The average molecular weight is 239 g/mol. The van der Waals surface area contributed by atoms with Crippen LogP contribution < -0.4 is 10.1 Å². The third-order valence-corrected chi connectivity index (χ3v) is 3.30. The second-order valence-electron chi connectivity index (χ2n) is 4.84. The number of rotatable bonds is 6. The van der Waals surface area contributed by atoms with Crippen LogP contribution in [0.4, 0.5) is 4.39 Å². The molecule has 0 saturated carbocycles. The van der Waals surface area contributed by atoms with Crippen LogP contribution in [0.15, 0.2) is 18.2 Å². The normalized spacial score (nSPS) is 14.4. The lowest BCUT2D eigenvalue weighted by molar-refractivity contribution is 0.298. The lowest BCUT2D eigenvalue weighted by Crippen LogP contribution is -2.31. The van der Waals surface area contributed by atoms with Crippen molar-refractivity contribution in [3.05, 3.63) is 29.6 Å². The fourth-order valence-corrected chi connectivity index (χ4v) is 2.05. The summed E-state index contributed by atoms with van der Waals surface area (Å²) in [6, 6.07) is 5.20. The number of hydrogen-bond acceptors (Lipinski definition) is 2. The molecule has 0 spiro atoms. The summed E-state index contributed by atoms with van der Waals surface area (Å²) in [4.78, 5) is 0. The number of benzene rings is 1. The maximum Gasteiger partial charge on any atom is 0.165 e. The lowest BCUT2D eigenvalue weighted by Gasteiger charge is -2.28. The Balaban J connectivity index is 2.83. The van der Waals surface area contributed by atoms with Crippen LogP contribution in [0.3, 0.4) is 0 Å². The molecule has 0 aromatic heterocycles. The van der Waals surface area contributed by atoms with Crippen LogP contribution >= 0.6 is 0 Å². The van der Waals surface area contributed by atoms with Crippen molar-refractivity contribution >= 4 is 0 Å². The molecule has 17 heavy (non-hydrogen) atoms. The van der Waals surface area contributed by atoms with Gasteiger partial charge in [-0.15, -0.1) is 0 Å². The van der Waals surface area contributed by atoms with E-state index < -0.39 is 0 Å². The highest BCUT2D eigenvalue weighted by atomic mass is 19.1.